The number of ether oxygens (including phenoxy) is 1. The number of nitrogens with one attached hydrogen (secondary N) is 1. The molecule has 6 nitrogen and oxygen atoms in total. The fraction of sp³-hybridized carbons (Fsp3) is 0.500. The number of carbonyl (C=O) groups is 1. The number of hydrogen-bond donors (Lipinski definition) is 1. The number of carbonyl (C=O) groups excluding carboxylic acids is 1. The van der Waals surface area contributed by atoms with Crippen LogP contribution in [-0.2, 0) is 4.84 Å². The first-order valence-electron chi connectivity index (χ1n) is 7.38. The van der Waals surface area contributed by atoms with E-state index < -0.39 is 0 Å². The molecule has 0 aromatic heterocycles. The van der Waals surface area contributed by atoms with Crippen LogP contribution >= 0.6 is 0 Å². The van der Waals surface area contributed by atoms with Gasteiger partial charge >= 0.3 is 6.03 Å². The second-order valence-corrected chi connectivity index (χ2v) is 5.68. The largest absolute Gasteiger partial charge is 0.497 e. The van der Waals surface area contributed by atoms with Crippen molar-refractivity contribution in [3.05, 3.63) is 29.8 Å². The molecule has 6 heteroatoms. The first-order chi connectivity index (χ1) is 10.5. The maximum Gasteiger partial charge on any atom is 0.317 e. The highest BCUT2D eigenvalue weighted by molar-refractivity contribution is 6.01. The van der Waals surface area contributed by atoms with Crippen LogP contribution in [0.15, 0.2) is 29.4 Å². The Labute approximate surface area is 131 Å². The highest BCUT2D eigenvalue weighted by atomic mass is 16.6. The lowest BCUT2D eigenvalue weighted by molar-refractivity contribution is 0.0655. The average molecular weight is 305 g/mol. The summed E-state index contributed by atoms with van der Waals surface area (Å²) in [5, 5.41) is 6.99. The van der Waals surface area contributed by atoms with Gasteiger partial charge in [-0.3, -0.25) is 0 Å². The Kier molecular flexibility index (Phi) is 5.25. The second-order valence-electron chi connectivity index (χ2n) is 5.68. The first kappa shape index (κ1) is 16.1. The van der Waals surface area contributed by atoms with Gasteiger partial charge in [-0.15, -0.1) is 0 Å². The Morgan fingerprint density at radius 2 is 2.14 bits per heavy atom. The minimum atomic E-state index is -0.111. The summed E-state index contributed by atoms with van der Waals surface area (Å²) in [7, 11) is 3.39. The van der Waals surface area contributed by atoms with E-state index in [9.17, 15) is 4.79 Å². The van der Waals surface area contributed by atoms with Crippen LogP contribution in [0, 0.1) is 0 Å². The van der Waals surface area contributed by atoms with Crippen LogP contribution in [0.1, 0.15) is 25.8 Å². The molecule has 1 N–H and O–H groups in total. The van der Waals surface area contributed by atoms with Gasteiger partial charge in [-0.05, 0) is 43.7 Å². The average Bonchev–Trinajstić information content (AvgIpc) is 2.95. The molecule has 120 valence electrons. The van der Waals surface area contributed by atoms with E-state index in [0.717, 1.165) is 17.0 Å². The van der Waals surface area contributed by atoms with Crippen molar-refractivity contribution < 1.29 is 14.4 Å². The van der Waals surface area contributed by atoms with Crippen molar-refractivity contribution in [3.8, 4) is 5.75 Å². The van der Waals surface area contributed by atoms with E-state index in [4.69, 9.17) is 9.57 Å². The minimum absolute atomic E-state index is 0.100. The Bertz CT molecular complexity index is 540. The third-order valence-corrected chi connectivity index (χ3v) is 3.39. The second kappa shape index (κ2) is 7.15. The van der Waals surface area contributed by atoms with E-state index in [1.165, 1.54) is 0 Å². The van der Waals surface area contributed by atoms with E-state index in [-0.39, 0.29) is 18.2 Å². The number of nitrogens with zero attached hydrogens (tertiary/aromatic N) is 2. The Balaban J connectivity index is 1.87. The van der Waals surface area contributed by atoms with Crippen LogP contribution in [0.2, 0.25) is 0 Å². The third-order valence-electron chi connectivity index (χ3n) is 3.39. The molecule has 0 spiro atoms. The quantitative estimate of drug-likeness (QED) is 0.907. The predicted molar refractivity (Wildman–Crippen MR) is 85.3 cm³/mol. The van der Waals surface area contributed by atoms with E-state index in [2.05, 4.69) is 10.5 Å². The van der Waals surface area contributed by atoms with Crippen LogP contribution in [0.4, 0.5) is 4.79 Å². The summed E-state index contributed by atoms with van der Waals surface area (Å²) in [6, 6.07) is 7.72. The van der Waals surface area contributed by atoms with Gasteiger partial charge in [-0.25, -0.2) is 4.79 Å². The Morgan fingerprint density at radius 1 is 1.45 bits per heavy atom. The van der Waals surface area contributed by atoms with Crippen molar-refractivity contribution in [2.45, 2.75) is 32.4 Å². The molecule has 1 atom stereocenters. The molecule has 0 saturated heterocycles. The van der Waals surface area contributed by atoms with Gasteiger partial charge in [0.25, 0.3) is 0 Å². The van der Waals surface area contributed by atoms with Crippen LogP contribution < -0.4 is 10.1 Å². The normalized spacial score (nSPS) is 17.0. The van der Waals surface area contributed by atoms with Gasteiger partial charge in [0.15, 0.2) is 6.10 Å². The van der Waals surface area contributed by atoms with Gasteiger partial charge < -0.3 is 19.8 Å². The van der Waals surface area contributed by atoms with Gasteiger partial charge in [0.05, 0.1) is 19.4 Å². The van der Waals surface area contributed by atoms with Gasteiger partial charge in [-0.2, -0.15) is 0 Å². The summed E-state index contributed by atoms with van der Waals surface area (Å²) in [6.07, 6.45) is 0.575. The van der Waals surface area contributed by atoms with Crippen LogP contribution in [0.25, 0.3) is 0 Å². The summed E-state index contributed by atoms with van der Waals surface area (Å²) in [4.78, 5) is 18.9. The van der Waals surface area contributed by atoms with E-state index in [1.54, 1.807) is 19.1 Å². The van der Waals surface area contributed by atoms with Gasteiger partial charge in [0.1, 0.15) is 5.75 Å². The van der Waals surface area contributed by atoms with Crippen molar-refractivity contribution in [3.63, 3.8) is 0 Å². The Morgan fingerprint density at radius 3 is 2.73 bits per heavy atom. The molecular formula is C16H23N3O3. The topological polar surface area (TPSA) is 63.2 Å². The van der Waals surface area contributed by atoms with E-state index in [0.29, 0.717) is 13.0 Å². The number of hydrogen-bond acceptors (Lipinski definition) is 4. The molecule has 1 heterocycles. The monoisotopic (exact) mass is 305 g/mol. The maximum atomic E-state index is 11.9. The van der Waals surface area contributed by atoms with Crippen LogP contribution in [-0.4, -0.2) is 49.5 Å². The lowest BCUT2D eigenvalue weighted by Gasteiger charge is -2.21. The van der Waals surface area contributed by atoms with Gasteiger partial charge in [-0.1, -0.05) is 5.16 Å². The Hall–Kier alpha value is -2.24. The summed E-state index contributed by atoms with van der Waals surface area (Å²) in [5.41, 5.74) is 1.91. The predicted octanol–water partition coefficient (Wildman–Crippen LogP) is 2.24. The smallest absolute Gasteiger partial charge is 0.317 e. The lowest BCUT2D eigenvalue weighted by Crippen LogP contribution is -2.43. The number of amides is 2. The molecule has 0 aliphatic carbocycles. The zero-order chi connectivity index (χ0) is 16.1. The zero-order valence-electron chi connectivity index (χ0n) is 13.5. The molecule has 2 amide bonds. The van der Waals surface area contributed by atoms with Crippen molar-refractivity contribution in [1.29, 1.82) is 0 Å². The molecule has 0 bridgehead atoms. The highest BCUT2D eigenvalue weighted by Crippen LogP contribution is 2.19. The lowest BCUT2D eigenvalue weighted by atomic mass is 10.0. The molecule has 22 heavy (non-hydrogen) atoms. The SMILES string of the molecule is COc1ccc(C2=NOC(CN(C)C(=O)NC(C)C)C2)cc1. The fourth-order valence-corrected chi connectivity index (χ4v) is 2.23. The minimum Gasteiger partial charge on any atom is -0.497 e. The van der Waals surface area contributed by atoms with Crippen molar-refractivity contribution >= 4 is 11.7 Å². The van der Waals surface area contributed by atoms with Crippen molar-refractivity contribution in [1.82, 2.24) is 10.2 Å². The van der Waals surface area contributed by atoms with E-state index >= 15 is 0 Å². The number of benzene rings is 1. The molecule has 1 aliphatic heterocycles. The molecule has 2 rings (SSSR count). The molecule has 1 aromatic rings. The summed E-state index contributed by atoms with van der Waals surface area (Å²) in [5.74, 6) is 0.810. The molecular weight excluding hydrogens is 282 g/mol. The molecule has 1 aromatic carbocycles. The molecule has 0 fully saturated rings. The number of methoxy groups -OCH3 is 1. The van der Waals surface area contributed by atoms with Gasteiger partial charge in [0.2, 0.25) is 0 Å². The summed E-state index contributed by atoms with van der Waals surface area (Å²) in [6.45, 7) is 4.37. The van der Waals surface area contributed by atoms with Crippen LogP contribution in [0.3, 0.4) is 0 Å². The molecule has 1 aliphatic rings. The van der Waals surface area contributed by atoms with Crippen molar-refractivity contribution in [2.75, 3.05) is 20.7 Å². The number of rotatable bonds is 5. The van der Waals surface area contributed by atoms with Crippen LogP contribution in [0.5, 0.6) is 5.75 Å². The molecule has 0 saturated carbocycles. The molecule has 0 radical (unpaired) electrons. The first-order valence-corrected chi connectivity index (χ1v) is 7.38. The maximum absolute atomic E-state index is 11.9. The standard InChI is InChI=1S/C16H23N3O3/c1-11(2)17-16(20)19(3)10-14-9-15(18-22-14)12-5-7-13(21-4)8-6-12/h5-8,11,14H,9-10H2,1-4H3,(H,17,20). The molecule has 1 unspecified atom stereocenters. The fourth-order valence-electron chi connectivity index (χ4n) is 2.23. The number of urea groups is 1. The summed E-state index contributed by atoms with van der Waals surface area (Å²) >= 11 is 0. The van der Waals surface area contributed by atoms with Crippen molar-refractivity contribution in [2.24, 2.45) is 5.16 Å². The summed E-state index contributed by atoms with van der Waals surface area (Å²) < 4.78 is 5.14. The van der Waals surface area contributed by atoms with E-state index in [1.807, 2.05) is 38.1 Å². The number of likely N-dealkylation sites (N-methyl/N-ethyl adjacent to an activating group) is 1. The third kappa shape index (κ3) is 4.13. The van der Waals surface area contributed by atoms with Gasteiger partial charge in [0, 0.05) is 19.5 Å². The number of oxime groups is 1. The highest BCUT2D eigenvalue weighted by Gasteiger charge is 2.25. The zero-order valence-corrected chi connectivity index (χ0v) is 13.5.